The molecule has 12 rings (SSSR count). The lowest BCUT2D eigenvalue weighted by molar-refractivity contribution is 0.666. The van der Waals surface area contributed by atoms with Crippen molar-refractivity contribution >= 4 is 64.6 Å². The maximum Gasteiger partial charge on any atom is 0.0165 e. The Bertz CT molecular complexity index is 3480. The van der Waals surface area contributed by atoms with Gasteiger partial charge in [-0.2, -0.15) is 0 Å². The molecule has 0 fully saturated rings. The summed E-state index contributed by atoms with van der Waals surface area (Å²) in [6.07, 6.45) is 0. The number of fused-ring (bicyclic) bond motifs is 12. The molecule has 1 aliphatic carbocycles. The molecule has 0 amide bonds. The van der Waals surface area contributed by atoms with Crippen LogP contribution in [-0.4, -0.2) is 0 Å². The Labute approximate surface area is 332 Å². The Morgan fingerprint density at radius 1 is 0.281 bits per heavy atom. The van der Waals surface area contributed by atoms with E-state index in [-0.39, 0.29) is 5.41 Å². The molecule has 1 aliphatic rings. The lowest BCUT2D eigenvalue weighted by Crippen LogP contribution is -2.15. The summed E-state index contributed by atoms with van der Waals surface area (Å²) in [6.45, 7) is 4.82. The monoisotopic (exact) mass is 722 g/mol. The van der Waals surface area contributed by atoms with Crippen molar-refractivity contribution in [2.24, 2.45) is 0 Å². The minimum atomic E-state index is -0.135. The van der Waals surface area contributed by atoms with Gasteiger partial charge in [0.15, 0.2) is 0 Å². The molecule has 0 N–H and O–H groups in total. The van der Waals surface area contributed by atoms with Gasteiger partial charge in [-0.3, -0.25) is 0 Å². The predicted octanol–water partition coefficient (Wildman–Crippen LogP) is 15.9. The summed E-state index contributed by atoms with van der Waals surface area (Å²) in [5.74, 6) is 0. The fourth-order valence-electron chi connectivity index (χ4n) is 10.5. The van der Waals surface area contributed by atoms with Crippen LogP contribution in [0.25, 0.3) is 109 Å². The summed E-state index contributed by atoms with van der Waals surface area (Å²) in [6, 6.07) is 72.7. The molecule has 0 heteroatoms. The third-order valence-corrected chi connectivity index (χ3v) is 13.0. The summed E-state index contributed by atoms with van der Waals surface area (Å²) in [5, 5.41) is 15.5. The van der Waals surface area contributed by atoms with E-state index in [2.05, 4.69) is 208 Å². The molecule has 0 aliphatic heterocycles. The molecule has 0 unspecified atom stereocenters. The summed E-state index contributed by atoms with van der Waals surface area (Å²) in [5.41, 5.74) is 13.0. The fourth-order valence-corrected chi connectivity index (χ4v) is 10.5. The zero-order chi connectivity index (χ0) is 37.8. The fraction of sp³-hybridized carbons (Fsp3) is 0.0526. The SMILES string of the molecule is CC1(C)c2ccc(-c3ccc4c(-c5cccc6ccccc56)c5ccccc5c(-c5cccc6ccccc56)c4c3)cc2-c2c1c1ccccc1c1ccccc21. The second kappa shape index (κ2) is 12.0. The average Bonchev–Trinajstić information content (AvgIpc) is 3.51. The Morgan fingerprint density at radius 2 is 0.702 bits per heavy atom. The third kappa shape index (κ3) is 4.56. The van der Waals surface area contributed by atoms with Crippen molar-refractivity contribution in [3.05, 3.63) is 205 Å². The van der Waals surface area contributed by atoms with Crippen LogP contribution in [0.1, 0.15) is 25.0 Å². The molecule has 0 saturated heterocycles. The summed E-state index contributed by atoms with van der Waals surface area (Å²) in [4.78, 5) is 0. The van der Waals surface area contributed by atoms with Crippen LogP contribution in [0.15, 0.2) is 194 Å². The van der Waals surface area contributed by atoms with Gasteiger partial charge in [0, 0.05) is 5.41 Å². The zero-order valence-electron chi connectivity index (χ0n) is 32.0. The maximum atomic E-state index is 2.48. The van der Waals surface area contributed by atoms with Gasteiger partial charge in [-0.05, 0) is 132 Å². The minimum absolute atomic E-state index is 0.135. The second-order valence-corrected chi connectivity index (χ2v) is 16.3. The average molecular weight is 723 g/mol. The first-order chi connectivity index (χ1) is 28.1. The Kier molecular flexibility index (Phi) is 6.78. The van der Waals surface area contributed by atoms with Crippen molar-refractivity contribution in [2.75, 3.05) is 0 Å². The van der Waals surface area contributed by atoms with E-state index >= 15 is 0 Å². The van der Waals surface area contributed by atoms with E-state index in [0.29, 0.717) is 0 Å². The van der Waals surface area contributed by atoms with Crippen LogP contribution < -0.4 is 0 Å². The Hall–Kier alpha value is -7.02. The summed E-state index contributed by atoms with van der Waals surface area (Å²) >= 11 is 0. The molecular weight excluding hydrogens is 685 g/mol. The van der Waals surface area contributed by atoms with E-state index in [4.69, 9.17) is 0 Å². The zero-order valence-corrected chi connectivity index (χ0v) is 32.0. The molecule has 11 aromatic rings. The van der Waals surface area contributed by atoms with Gasteiger partial charge in [-0.1, -0.05) is 196 Å². The van der Waals surface area contributed by atoms with E-state index in [1.165, 1.54) is 120 Å². The van der Waals surface area contributed by atoms with Crippen LogP contribution in [0.5, 0.6) is 0 Å². The Morgan fingerprint density at radius 3 is 1.32 bits per heavy atom. The van der Waals surface area contributed by atoms with Gasteiger partial charge in [0.05, 0.1) is 0 Å². The molecular formula is C57H38. The highest BCUT2D eigenvalue weighted by Crippen LogP contribution is 2.55. The first kappa shape index (κ1) is 32.2. The van der Waals surface area contributed by atoms with Crippen LogP contribution in [0.3, 0.4) is 0 Å². The van der Waals surface area contributed by atoms with E-state index in [0.717, 1.165) is 0 Å². The number of rotatable bonds is 3. The van der Waals surface area contributed by atoms with E-state index < -0.39 is 0 Å². The first-order valence-electron chi connectivity index (χ1n) is 20.1. The molecule has 0 spiro atoms. The molecule has 266 valence electrons. The van der Waals surface area contributed by atoms with Crippen LogP contribution in [0.2, 0.25) is 0 Å². The standard InChI is InChI=1S/C57H38/c1-57(2)52-32-30-38(34-51(52)55-45-23-9-7-21-41(45)42-22-8-12-26-49(42)56(55)57)37-29-31-48-50(33-37)54(44-28-14-18-36-16-4-6-20-40(36)44)47-25-11-10-24-46(47)53(48)43-27-13-17-35-15-3-5-19-39(35)43/h3-34H,1-2H3. The first-order valence-corrected chi connectivity index (χ1v) is 20.1. The van der Waals surface area contributed by atoms with Crippen molar-refractivity contribution in [1.82, 2.24) is 0 Å². The molecule has 0 saturated carbocycles. The van der Waals surface area contributed by atoms with Crippen molar-refractivity contribution in [3.8, 4) is 44.5 Å². The van der Waals surface area contributed by atoms with E-state index in [1.807, 2.05) is 0 Å². The van der Waals surface area contributed by atoms with Gasteiger partial charge in [0.25, 0.3) is 0 Å². The maximum absolute atomic E-state index is 2.48. The van der Waals surface area contributed by atoms with Crippen LogP contribution in [0.4, 0.5) is 0 Å². The molecule has 0 radical (unpaired) electrons. The van der Waals surface area contributed by atoms with Crippen LogP contribution in [0, 0.1) is 0 Å². The second-order valence-electron chi connectivity index (χ2n) is 16.3. The third-order valence-electron chi connectivity index (χ3n) is 13.0. The van der Waals surface area contributed by atoms with Gasteiger partial charge >= 0.3 is 0 Å². The van der Waals surface area contributed by atoms with Gasteiger partial charge in [-0.25, -0.2) is 0 Å². The van der Waals surface area contributed by atoms with Crippen LogP contribution >= 0.6 is 0 Å². The molecule has 0 bridgehead atoms. The normalized spacial score (nSPS) is 13.2. The highest BCUT2D eigenvalue weighted by atomic mass is 14.4. The number of hydrogen-bond acceptors (Lipinski definition) is 0. The smallest absolute Gasteiger partial charge is 0.0165 e. The Balaban J connectivity index is 1.18. The van der Waals surface area contributed by atoms with Crippen molar-refractivity contribution < 1.29 is 0 Å². The molecule has 11 aromatic carbocycles. The lowest BCUT2D eigenvalue weighted by Gasteiger charge is -2.24. The molecule has 0 aromatic heterocycles. The van der Waals surface area contributed by atoms with Gasteiger partial charge in [0.1, 0.15) is 0 Å². The van der Waals surface area contributed by atoms with Crippen LogP contribution in [-0.2, 0) is 5.41 Å². The molecule has 0 nitrogen and oxygen atoms in total. The number of hydrogen-bond donors (Lipinski definition) is 0. The quantitative estimate of drug-likeness (QED) is 0.126. The summed E-state index contributed by atoms with van der Waals surface area (Å²) < 4.78 is 0. The van der Waals surface area contributed by atoms with E-state index in [1.54, 1.807) is 0 Å². The van der Waals surface area contributed by atoms with Crippen molar-refractivity contribution in [2.45, 2.75) is 19.3 Å². The molecule has 0 heterocycles. The largest absolute Gasteiger partial charge is 0.0616 e. The lowest BCUT2D eigenvalue weighted by atomic mass is 9.79. The van der Waals surface area contributed by atoms with Gasteiger partial charge in [0.2, 0.25) is 0 Å². The van der Waals surface area contributed by atoms with Gasteiger partial charge in [-0.15, -0.1) is 0 Å². The topological polar surface area (TPSA) is 0 Å². The van der Waals surface area contributed by atoms with Gasteiger partial charge < -0.3 is 0 Å². The van der Waals surface area contributed by atoms with E-state index in [9.17, 15) is 0 Å². The number of benzene rings is 11. The minimum Gasteiger partial charge on any atom is -0.0616 e. The van der Waals surface area contributed by atoms with Crippen molar-refractivity contribution in [1.29, 1.82) is 0 Å². The molecule has 57 heavy (non-hydrogen) atoms. The summed E-state index contributed by atoms with van der Waals surface area (Å²) in [7, 11) is 0. The highest BCUT2D eigenvalue weighted by Gasteiger charge is 2.38. The highest BCUT2D eigenvalue weighted by molar-refractivity contribution is 6.26. The molecule has 0 atom stereocenters. The predicted molar refractivity (Wildman–Crippen MR) is 245 cm³/mol. The van der Waals surface area contributed by atoms with Crippen molar-refractivity contribution in [3.63, 3.8) is 0 Å².